The van der Waals surface area contributed by atoms with Crippen molar-refractivity contribution in [2.75, 3.05) is 5.32 Å². The van der Waals surface area contributed by atoms with Gasteiger partial charge in [-0.15, -0.1) is 0 Å². The zero-order valence-corrected chi connectivity index (χ0v) is 17.0. The summed E-state index contributed by atoms with van der Waals surface area (Å²) in [5.41, 5.74) is 4.75. The predicted octanol–water partition coefficient (Wildman–Crippen LogP) is 4.54. The molecule has 0 saturated carbocycles. The van der Waals surface area contributed by atoms with Gasteiger partial charge in [0, 0.05) is 17.0 Å². The average molecular weight is 419 g/mol. The largest absolute Gasteiger partial charge is 0.489 e. The monoisotopic (exact) mass is 419 g/mol. The van der Waals surface area contributed by atoms with Crippen molar-refractivity contribution >= 4 is 23.2 Å². The second-order valence-electron chi connectivity index (χ2n) is 6.82. The van der Waals surface area contributed by atoms with E-state index in [9.17, 15) is 14.0 Å². The van der Waals surface area contributed by atoms with Gasteiger partial charge < -0.3 is 10.1 Å². The Kier molecular flexibility index (Phi) is 7.48. The summed E-state index contributed by atoms with van der Waals surface area (Å²) < 4.78 is 18.6. The molecule has 0 heterocycles. The molecular weight excluding hydrogens is 397 g/mol. The van der Waals surface area contributed by atoms with Crippen molar-refractivity contribution in [1.29, 1.82) is 0 Å². The third-order valence-corrected chi connectivity index (χ3v) is 4.26. The second kappa shape index (κ2) is 10.7. The van der Waals surface area contributed by atoms with Crippen LogP contribution >= 0.6 is 0 Å². The first kappa shape index (κ1) is 21.7. The fourth-order valence-corrected chi connectivity index (χ4v) is 2.66. The highest BCUT2D eigenvalue weighted by Gasteiger charge is 2.08. The fraction of sp³-hybridized carbons (Fsp3) is 0.125. The van der Waals surface area contributed by atoms with E-state index in [1.54, 1.807) is 31.2 Å². The van der Waals surface area contributed by atoms with E-state index in [4.69, 9.17) is 4.74 Å². The Morgan fingerprint density at radius 3 is 2.29 bits per heavy atom. The number of carbonyl (C=O) groups is 2. The molecule has 0 bridgehead atoms. The molecular formula is C24H22FN3O3. The number of amides is 2. The Labute approximate surface area is 179 Å². The molecule has 0 aliphatic heterocycles. The number of ether oxygens (including phenoxy) is 1. The second-order valence-corrected chi connectivity index (χ2v) is 6.82. The maximum atomic E-state index is 12.9. The molecule has 0 unspecified atom stereocenters. The summed E-state index contributed by atoms with van der Waals surface area (Å²) in [6.45, 7) is 2.09. The molecule has 0 aliphatic carbocycles. The molecule has 6 nitrogen and oxygen atoms in total. The zero-order chi connectivity index (χ0) is 22.1. The third kappa shape index (κ3) is 7.08. The van der Waals surface area contributed by atoms with Gasteiger partial charge in [-0.1, -0.05) is 30.3 Å². The average Bonchev–Trinajstić information content (AvgIpc) is 2.78. The summed E-state index contributed by atoms with van der Waals surface area (Å²) in [4.78, 5) is 24.2. The number of hydrogen-bond acceptors (Lipinski definition) is 4. The van der Waals surface area contributed by atoms with Crippen molar-refractivity contribution in [1.82, 2.24) is 5.43 Å². The maximum absolute atomic E-state index is 12.9. The van der Waals surface area contributed by atoms with Crippen molar-refractivity contribution in [2.24, 2.45) is 5.10 Å². The molecule has 3 aromatic rings. The third-order valence-electron chi connectivity index (χ3n) is 4.26. The number of nitrogens with one attached hydrogen (secondary N) is 2. The number of nitrogens with zero attached hydrogens (tertiary/aromatic N) is 1. The lowest BCUT2D eigenvalue weighted by Gasteiger charge is -2.09. The van der Waals surface area contributed by atoms with Crippen LogP contribution in [-0.4, -0.2) is 17.5 Å². The molecule has 0 fully saturated rings. The van der Waals surface area contributed by atoms with Gasteiger partial charge in [0.05, 0.1) is 6.42 Å². The van der Waals surface area contributed by atoms with E-state index in [-0.39, 0.29) is 17.9 Å². The van der Waals surface area contributed by atoms with Gasteiger partial charge in [-0.05, 0) is 61.0 Å². The van der Waals surface area contributed by atoms with E-state index < -0.39 is 11.7 Å². The van der Waals surface area contributed by atoms with E-state index in [1.807, 2.05) is 30.3 Å². The molecule has 0 atom stereocenters. The minimum atomic E-state index is -0.481. The molecule has 0 saturated heterocycles. The zero-order valence-electron chi connectivity index (χ0n) is 17.0. The quantitative estimate of drug-likeness (QED) is 0.416. The minimum Gasteiger partial charge on any atom is -0.489 e. The Hall–Kier alpha value is -4.00. The van der Waals surface area contributed by atoms with E-state index in [0.717, 1.165) is 5.56 Å². The highest BCUT2D eigenvalue weighted by molar-refractivity contribution is 6.06. The van der Waals surface area contributed by atoms with Gasteiger partial charge in [-0.25, -0.2) is 9.82 Å². The van der Waals surface area contributed by atoms with Gasteiger partial charge in [0.2, 0.25) is 5.91 Å². The molecule has 3 aromatic carbocycles. The molecule has 0 aliphatic rings. The summed E-state index contributed by atoms with van der Waals surface area (Å²) >= 11 is 0. The van der Waals surface area contributed by atoms with Crippen molar-refractivity contribution in [2.45, 2.75) is 20.0 Å². The van der Waals surface area contributed by atoms with Crippen LogP contribution < -0.4 is 15.5 Å². The molecule has 31 heavy (non-hydrogen) atoms. The van der Waals surface area contributed by atoms with Gasteiger partial charge in [0.1, 0.15) is 18.2 Å². The van der Waals surface area contributed by atoms with Crippen LogP contribution in [0.5, 0.6) is 5.75 Å². The molecule has 0 spiro atoms. The molecule has 0 radical (unpaired) electrons. The van der Waals surface area contributed by atoms with Crippen LogP contribution in [-0.2, 0) is 11.4 Å². The highest BCUT2D eigenvalue weighted by Crippen LogP contribution is 2.17. The first-order valence-corrected chi connectivity index (χ1v) is 9.65. The number of carbonyl (C=O) groups excluding carboxylic acids is 2. The van der Waals surface area contributed by atoms with Crippen LogP contribution in [0.1, 0.15) is 29.3 Å². The summed E-state index contributed by atoms with van der Waals surface area (Å²) in [5, 5.41) is 6.68. The number of hydrazone groups is 1. The normalized spacial score (nSPS) is 11.0. The van der Waals surface area contributed by atoms with E-state index in [1.165, 1.54) is 24.3 Å². The van der Waals surface area contributed by atoms with Crippen LogP contribution in [0.25, 0.3) is 0 Å². The molecule has 7 heteroatoms. The maximum Gasteiger partial charge on any atom is 0.271 e. The van der Waals surface area contributed by atoms with Crippen LogP contribution in [0.15, 0.2) is 84.0 Å². The van der Waals surface area contributed by atoms with E-state index in [2.05, 4.69) is 15.8 Å². The van der Waals surface area contributed by atoms with Gasteiger partial charge in [0.15, 0.2) is 0 Å². The molecule has 2 amide bonds. The Balaban J connectivity index is 1.45. The fourth-order valence-electron chi connectivity index (χ4n) is 2.66. The van der Waals surface area contributed by atoms with Crippen molar-refractivity contribution in [3.05, 3.63) is 95.8 Å². The Morgan fingerprint density at radius 2 is 1.61 bits per heavy atom. The van der Waals surface area contributed by atoms with Gasteiger partial charge >= 0.3 is 0 Å². The standard InChI is InChI=1S/C24H22FN3O3/c1-17(27-28-24(30)19-7-9-20(25)10-8-19)15-23(29)26-21-11-13-22(14-12-21)31-16-18-5-3-2-4-6-18/h2-14H,15-16H2,1H3,(H,26,29)(H,28,30). The van der Waals surface area contributed by atoms with Gasteiger partial charge in [0.25, 0.3) is 5.91 Å². The SMILES string of the molecule is CC(CC(=O)Nc1ccc(OCc2ccccc2)cc1)=NNC(=O)c1ccc(F)cc1. The van der Waals surface area contributed by atoms with E-state index >= 15 is 0 Å². The number of benzene rings is 3. The van der Waals surface area contributed by atoms with Gasteiger partial charge in [-0.2, -0.15) is 5.10 Å². The lowest BCUT2D eigenvalue weighted by Crippen LogP contribution is -2.21. The van der Waals surface area contributed by atoms with Crippen LogP contribution in [0.2, 0.25) is 0 Å². The minimum absolute atomic E-state index is 0.00988. The predicted molar refractivity (Wildman–Crippen MR) is 117 cm³/mol. The van der Waals surface area contributed by atoms with Gasteiger partial charge in [-0.3, -0.25) is 9.59 Å². The van der Waals surface area contributed by atoms with Crippen molar-refractivity contribution in [3.8, 4) is 5.75 Å². The first-order chi connectivity index (χ1) is 15.0. The smallest absolute Gasteiger partial charge is 0.271 e. The molecule has 2 N–H and O–H groups in total. The molecule has 3 rings (SSSR count). The topological polar surface area (TPSA) is 79.8 Å². The first-order valence-electron chi connectivity index (χ1n) is 9.65. The Bertz CT molecular complexity index is 1050. The Morgan fingerprint density at radius 1 is 0.935 bits per heavy atom. The van der Waals surface area contributed by atoms with Crippen LogP contribution in [0, 0.1) is 5.82 Å². The molecule has 0 aromatic heterocycles. The number of rotatable bonds is 8. The van der Waals surface area contributed by atoms with Crippen molar-refractivity contribution in [3.63, 3.8) is 0 Å². The van der Waals surface area contributed by atoms with Crippen LogP contribution in [0.3, 0.4) is 0 Å². The summed E-state index contributed by atoms with van der Waals surface area (Å²) in [6, 6.07) is 22.0. The number of anilines is 1. The summed E-state index contributed by atoms with van der Waals surface area (Å²) in [5.74, 6) is -0.479. The summed E-state index contributed by atoms with van der Waals surface area (Å²) in [6.07, 6.45) is 0.00988. The van der Waals surface area contributed by atoms with Crippen molar-refractivity contribution < 1.29 is 18.7 Å². The summed E-state index contributed by atoms with van der Waals surface area (Å²) in [7, 11) is 0. The number of hydrogen-bond donors (Lipinski definition) is 2. The lowest BCUT2D eigenvalue weighted by molar-refractivity contribution is -0.115. The lowest BCUT2D eigenvalue weighted by atomic mass is 10.2. The van der Waals surface area contributed by atoms with Crippen LogP contribution in [0.4, 0.5) is 10.1 Å². The molecule has 158 valence electrons. The van der Waals surface area contributed by atoms with E-state index in [0.29, 0.717) is 23.8 Å². The number of halogens is 1. The highest BCUT2D eigenvalue weighted by atomic mass is 19.1.